The van der Waals surface area contributed by atoms with Gasteiger partial charge in [-0.25, -0.2) is 0 Å². The number of rotatable bonds is 6. The fraction of sp³-hybridized carbons (Fsp3) is 0.364. The molecule has 0 saturated carbocycles. The van der Waals surface area contributed by atoms with Gasteiger partial charge >= 0.3 is 5.97 Å². The molecule has 0 aromatic carbocycles. The highest BCUT2D eigenvalue weighted by atomic mass is 79.9. The van der Waals surface area contributed by atoms with Gasteiger partial charge in [0.05, 0.1) is 0 Å². The summed E-state index contributed by atoms with van der Waals surface area (Å²) in [4.78, 5) is 10.4. The zero-order valence-electron chi connectivity index (χ0n) is 8.29. The molecule has 0 heterocycles. The molecular weight excluding hydrogens is 244 g/mol. The SMILES string of the molecule is C=CC/C(=C\C(Br)=C/C)CCC(=O)O. The number of hydrogen-bond acceptors (Lipinski definition) is 1. The standard InChI is InChI=1S/C11H15BrO2/c1-3-5-9(6-7-11(13)14)8-10(12)4-2/h3-4,8H,1,5-7H2,2H3,(H,13,14)/b9-8+,10-4+. The van der Waals surface area contributed by atoms with Gasteiger partial charge in [-0.05, 0) is 25.8 Å². The first-order chi connectivity index (χ1) is 6.60. The Labute approximate surface area is 93.1 Å². The Morgan fingerprint density at radius 3 is 2.57 bits per heavy atom. The van der Waals surface area contributed by atoms with Crippen molar-refractivity contribution < 1.29 is 9.90 Å². The molecule has 0 unspecified atom stereocenters. The van der Waals surface area contributed by atoms with Crippen molar-refractivity contribution in [1.29, 1.82) is 0 Å². The number of allylic oxidation sites excluding steroid dienone is 5. The number of aliphatic carboxylic acids is 1. The van der Waals surface area contributed by atoms with Gasteiger partial charge in [0.25, 0.3) is 0 Å². The molecule has 0 amide bonds. The van der Waals surface area contributed by atoms with Crippen LogP contribution in [0.4, 0.5) is 0 Å². The van der Waals surface area contributed by atoms with Gasteiger partial charge in [-0.15, -0.1) is 6.58 Å². The van der Waals surface area contributed by atoms with Gasteiger partial charge in [0.1, 0.15) is 0 Å². The smallest absolute Gasteiger partial charge is 0.303 e. The maximum Gasteiger partial charge on any atom is 0.303 e. The van der Waals surface area contributed by atoms with Crippen molar-refractivity contribution in [2.75, 3.05) is 0 Å². The minimum atomic E-state index is -0.767. The molecule has 0 rings (SSSR count). The molecule has 0 aliphatic heterocycles. The van der Waals surface area contributed by atoms with Crippen molar-refractivity contribution in [2.45, 2.75) is 26.2 Å². The van der Waals surface area contributed by atoms with E-state index in [1.807, 2.05) is 19.1 Å². The van der Waals surface area contributed by atoms with Gasteiger partial charge in [0, 0.05) is 10.9 Å². The summed E-state index contributed by atoms with van der Waals surface area (Å²) < 4.78 is 0.972. The molecule has 0 aliphatic rings. The highest BCUT2D eigenvalue weighted by Crippen LogP contribution is 2.16. The van der Waals surface area contributed by atoms with Crippen LogP contribution in [0.2, 0.25) is 0 Å². The van der Waals surface area contributed by atoms with Crippen molar-refractivity contribution in [3.05, 3.63) is 34.9 Å². The van der Waals surface area contributed by atoms with E-state index < -0.39 is 5.97 Å². The second kappa shape index (κ2) is 7.56. The van der Waals surface area contributed by atoms with Crippen LogP contribution in [0.25, 0.3) is 0 Å². The van der Waals surface area contributed by atoms with Crippen LogP contribution >= 0.6 is 15.9 Å². The van der Waals surface area contributed by atoms with E-state index in [4.69, 9.17) is 5.11 Å². The second-order valence-electron chi connectivity index (χ2n) is 2.86. The van der Waals surface area contributed by atoms with Crippen LogP contribution in [-0.4, -0.2) is 11.1 Å². The summed E-state index contributed by atoms with van der Waals surface area (Å²) in [6, 6.07) is 0. The molecule has 0 spiro atoms. The average Bonchev–Trinajstić information content (AvgIpc) is 2.14. The number of halogens is 1. The third-order valence-electron chi connectivity index (χ3n) is 1.68. The van der Waals surface area contributed by atoms with E-state index >= 15 is 0 Å². The molecule has 0 atom stereocenters. The van der Waals surface area contributed by atoms with E-state index in [1.54, 1.807) is 6.08 Å². The van der Waals surface area contributed by atoms with E-state index in [-0.39, 0.29) is 6.42 Å². The molecule has 0 bridgehead atoms. The fourth-order valence-electron chi connectivity index (χ4n) is 0.964. The predicted molar refractivity (Wildman–Crippen MR) is 62.5 cm³/mol. The molecule has 0 aromatic heterocycles. The first-order valence-electron chi connectivity index (χ1n) is 4.44. The lowest BCUT2D eigenvalue weighted by atomic mass is 10.1. The minimum absolute atomic E-state index is 0.170. The van der Waals surface area contributed by atoms with Gasteiger partial charge in [0.15, 0.2) is 0 Å². The maximum absolute atomic E-state index is 10.4. The Balaban J connectivity index is 4.35. The first-order valence-corrected chi connectivity index (χ1v) is 5.23. The molecular formula is C11H15BrO2. The molecule has 0 aromatic rings. The van der Waals surface area contributed by atoms with E-state index in [2.05, 4.69) is 22.5 Å². The monoisotopic (exact) mass is 258 g/mol. The molecule has 14 heavy (non-hydrogen) atoms. The molecule has 3 heteroatoms. The highest BCUT2D eigenvalue weighted by molar-refractivity contribution is 9.11. The van der Waals surface area contributed by atoms with Crippen molar-refractivity contribution in [3.63, 3.8) is 0 Å². The lowest BCUT2D eigenvalue weighted by molar-refractivity contribution is -0.136. The molecule has 78 valence electrons. The summed E-state index contributed by atoms with van der Waals surface area (Å²) in [6.45, 7) is 5.56. The Morgan fingerprint density at radius 1 is 1.50 bits per heavy atom. The molecule has 1 N–H and O–H groups in total. The van der Waals surface area contributed by atoms with Crippen molar-refractivity contribution in [2.24, 2.45) is 0 Å². The van der Waals surface area contributed by atoms with Crippen molar-refractivity contribution in [3.8, 4) is 0 Å². The van der Waals surface area contributed by atoms with Gasteiger partial charge in [0.2, 0.25) is 0 Å². The summed E-state index contributed by atoms with van der Waals surface area (Å²) >= 11 is 3.36. The van der Waals surface area contributed by atoms with Crippen LogP contribution in [0.5, 0.6) is 0 Å². The maximum atomic E-state index is 10.4. The lowest BCUT2D eigenvalue weighted by Gasteiger charge is -2.02. The van der Waals surface area contributed by atoms with Crippen LogP contribution in [-0.2, 0) is 4.79 Å². The topological polar surface area (TPSA) is 37.3 Å². The first kappa shape index (κ1) is 13.2. The quantitative estimate of drug-likeness (QED) is 0.584. The number of carboxylic acids is 1. The van der Waals surface area contributed by atoms with Crippen LogP contribution in [0, 0.1) is 0 Å². The number of carbonyl (C=O) groups is 1. The molecule has 2 nitrogen and oxygen atoms in total. The zero-order valence-corrected chi connectivity index (χ0v) is 9.88. The molecule has 0 radical (unpaired) electrons. The Morgan fingerprint density at radius 2 is 2.14 bits per heavy atom. The minimum Gasteiger partial charge on any atom is -0.481 e. The molecule has 0 aliphatic carbocycles. The van der Waals surface area contributed by atoms with Crippen molar-refractivity contribution >= 4 is 21.9 Å². The summed E-state index contributed by atoms with van der Waals surface area (Å²) in [5, 5.41) is 8.54. The van der Waals surface area contributed by atoms with Gasteiger partial charge in [-0.3, -0.25) is 4.79 Å². The van der Waals surface area contributed by atoms with E-state index in [1.165, 1.54) is 0 Å². The molecule has 0 fully saturated rings. The third-order valence-corrected chi connectivity index (χ3v) is 2.37. The van der Waals surface area contributed by atoms with Crippen LogP contribution in [0.1, 0.15) is 26.2 Å². The lowest BCUT2D eigenvalue weighted by Crippen LogP contribution is -1.95. The summed E-state index contributed by atoms with van der Waals surface area (Å²) in [5.41, 5.74) is 1.08. The fourth-order valence-corrected chi connectivity index (χ4v) is 1.29. The van der Waals surface area contributed by atoms with Gasteiger partial charge in [-0.1, -0.05) is 33.7 Å². The molecule has 0 saturated heterocycles. The van der Waals surface area contributed by atoms with E-state index in [9.17, 15) is 4.79 Å². The van der Waals surface area contributed by atoms with Crippen molar-refractivity contribution in [1.82, 2.24) is 0 Å². The van der Waals surface area contributed by atoms with E-state index in [0.29, 0.717) is 6.42 Å². The van der Waals surface area contributed by atoms with E-state index in [0.717, 1.165) is 16.5 Å². The zero-order chi connectivity index (χ0) is 11.0. The Bertz CT molecular complexity index is 264. The summed E-state index contributed by atoms with van der Waals surface area (Å²) in [6.07, 6.45) is 7.13. The summed E-state index contributed by atoms with van der Waals surface area (Å²) in [7, 11) is 0. The Kier molecular flexibility index (Phi) is 7.11. The second-order valence-corrected chi connectivity index (χ2v) is 3.78. The Hall–Kier alpha value is -0.830. The predicted octanol–water partition coefficient (Wildman–Crippen LogP) is 3.65. The average molecular weight is 259 g/mol. The van der Waals surface area contributed by atoms with Crippen LogP contribution in [0.3, 0.4) is 0 Å². The van der Waals surface area contributed by atoms with Crippen LogP contribution < -0.4 is 0 Å². The van der Waals surface area contributed by atoms with Crippen LogP contribution in [0.15, 0.2) is 34.9 Å². The third kappa shape index (κ3) is 6.66. The number of carboxylic acid groups (broad SMARTS) is 1. The van der Waals surface area contributed by atoms with Gasteiger partial charge in [-0.2, -0.15) is 0 Å². The highest BCUT2D eigenvalue weighted by Gasteiger charge is 2.01. The summed E-state index contributed by atoms with van der Waals surface area (Å²) in [5.74, 6) is -0.767. The van der Waals surface area contributed by atoms with Gasteiger partial charge < -0.3 is 5.11 Å². The number of hydrogen-bond donors (Lipinski definition) is 1. The largest absolute Gasteiger partial charge is 0.481 e. The normalized spacial score (nSPS) is 12.7.